The molecule has 0 spiro atoms. The molecule has 0 aromatic carbocycles. The van der Waals surface area contributed by atoms with Gasteiger partial charge in [-0.3, -0.25) is 9.69 Å². The van der Waals surface area contributed by atoms with E-state index >= 15 is 0 Å². The van der Waals surface area contributed by atoms with Crippen LogP contribution in [0.5, 0.6) is 0 Å². The lowest BCUT2D eigenvalue weighted by molar-refractivity contribution is 0.00732. The summed E-state index contributed by atoms with van der Waals surface area (Å²) in [6.07, 6.45) is 3.68. The van der Waals surface area contributed by atoms with Crippen molar-refractivity contribution in [2.75, 3.05) is 31.5 Å². The number of hydrogen-bond acceptors (Lipinski definition) is 10. The van der Waals surface area contributed by atoms with Crippen molar-refractivity contribution in [2.45, 2.75) is 51.4 Å². The normalized spacial score (nSPS) is 17.1. The number of fused-ring (bicyclic) bond motifs is 1. The summed E-state index contributed by atoms with van der Waals surface area (Å²) in [6, 6.07) is 2.94. The van der Waals surface area contributed by atoms with E-state index in [4.69, 9.17) is 18.6 Å². The summed E-state index contributed by atoms with van der Waals surface area (Å²) < 4.78 is 22.2. The molecule has 2 atom stereocenters. The van der Waals surface area contributed by atoms with Gasteiger partial charge in [0.05, 0.1) is 37.4 Å². The van der Waals surface area contributed by atoms with Crippen LogP contribution in [-0.2, 0) is 14.2 Å². The maximum atomic E-state index is 13.1. The number of methoxy groups -OCH3 is 2. The molecule has 4 rings (SSSR count). The summed E-state index contributed by atoms with van der Waals surface area (Å²) in [7, 11) is 4.36. The molecule has 0 aliphatic heterocycles. The van der Waals surface area contributed by atoms with Crippen LogP contribution in [0.2, 0.25) is 0 Å². The lowest BCUT2D eigenvalue weighted by Gasteiger charge is -2.35. The van der Waals surface area contributed by atoms with E-state index in [9.17, 15) is 14.4 Å². The highest BCUT2D eigenvalue weighted by atomic mass is 16.6. The van der Waals surface area contributed by atoms with Gasteiger partial charge in [0.2, 0.25) is 5.76 Å². The van der Waals surface area contributed by atoms with Gasteiger partial charge in [-0.15, -0.1) is 0 Å². The van der Waals surface area contributed by atoms with Crippen LogP contribution in [0.15, 0.2) is 29.0 Å². The zero-order valence-corrected chi connectivity index (χ0v) is 21.5. The number of rotatable bonds is 7. The highest BCUT2D eigenvalue weighted by Crippen LogP contribution is 2.28. The van der Waals surface area contributed by atoms with Crippen molar-refractivity contribution < 1.29 is 33.0 Å². The Morgan fingerprint density at radius 3 is 2.59 bits per heavy atom. The largest absolute Gasteiger partial charge is 0.463 e. The second-order valence-electron chi connectivity index (χ2n) is 9.54. The fraction of sp³-hybridized carbons (Fsp3) is 0.458. The van der Waals surface area contributed by atoms with E-state index in [0.29, 0.717) is 0 Å². The van der Waals surface area contributed by atoms with E-state index < -0.39 is 17.7 Å². The van der Waals surface area contributed by atoms with Gasteiger partial charge in [-0.05, 0) is 33.6 Å². The number of nitrogens with one attached hydrogen (secondary N) is 2. The molecule has 1 fully saturated rings. The predicted octanol–water partition coefficient (Wildman–Crippen LogP) is 3.13. The zero-order valence-electron chi connectivity index (χ0n) is 21.5. The molecule has 0 unspecified atom stereocenters. The van der Waals surface area contributed by atoms with Crippen molar-refractivity contribution in [2.24, 2.45) is 0 Å². The predicted molar refractivity (Wildman–Crippen MR) is 132 cm³/mol. The molecule has 198 valence electrons. The van der Waals surface area contributed by atoms with Gasteiger partial charge in [0.25, 0.3) is 5.91 Å². The zero-order chi connectivity index (χ0) is 26.9. The summed E-state index contributed by atoms with van der Waals surface area (Å²) >= 11 is 0. The molecule has 3 aromatic heterocycles. The molecule has 3 heterocycles. The van der Waals surface area contributed by atoms with Crippen molar-refractivity contribution in [3.8, 4) is 0 Å². The summed E-state index contributed by atoms with van der Waals surface area (Å²) in [5.74, 6) is -0.638. The van der Waals surface area contributed by atoms with Crippen LogP contribution in [0, 0.1) is 0 Å². The fourth-order valence-corrected chi connectivity index (χ4v) is 3.79. The summed E-state index contributed by atoms with van der Waals surface area (Å²) in [5.41, 5.74) is -0.0629. The van der Waals surface area contributed by atoms with Crippen molar-refractivity contribution in [1.82, 2.24) is 19.9 Å². The Morgan fingerprint density at radius 1 is 1.22 bits per heavy atom. The number of anilines is 3. The number of furan rings is 1. The van der Waals surface area contributed by atoms with Gasteiger partial charge in [-0.2, -0.15) is 9.61 Å². The second kappa shape index (κ2) is 10.1. The average molecular weight is 515 g/mol. The van der Waals surface area contributed by atoms with Crippen molar-refractivity contribution in [3.63, 3.8) is 0 Å². The van der Waals surface area contributed by atoms with Crippen LogP contribution in [0.25, 0.3) is 5.65 Å². The van der Waals surface area contributed by atoms with E-state index in [1.807, 2.05) is 0 Å². The molecule has 1 saturated carbocycles. The average Bonchev–Trinajstić information content (AvgIpc) is 3.46. The van der Waals surface area contributed by atoms with Gasteiger partial charge in [0, 0.05) is 26.3 Å². The number of hydrogen-bond donors (Lipinski definition) is 2. The van der Waals surface area contributed by atoms with Gasteiger partial charge >= 0.3 is 12.1 Å². The molecule has 0 saturated heterocycles. The number of ether oxygens (including phenoxy) is 3. The van der Waals surface area contributed by atoms with Gasteiger partial charge < -0.3 is 29.3 Å². The SMILES string of the molecule is COC(=O)c1occc1Nc1cc(N(C)C(=O)OC(C)(C)C)n2ncc(C(=O)N[C@H]3CC[C@@H]3OC)c2n1. The van der Waals surface area contributed by atoms with Gasteiger partial charge in [-0.25, -0.2) is 14.6 Å². The first kappa shape index (κ1) is 25.9. The fourth-order valence-electron chi connectivity index (χ4n) is 3.79. The number of carbonyl (C=O) groups is 3. The first-order chi connectivity index (χ1) is 17.5. The third kappa shape index (κ3) is 5.35. The molecule has 1 aliphatic rings. The van der Waals surface area contributed by atoms with Crippen LogP contribution < -0.4 is 15.5 Å². The smallest absolute Gasteiger partial charge is 0.415 e. The maximum Gasteiger partial charge on any atom is 0.415 e. The van der Waals surface area contributed by atoms with E-state index in [1.54, 1.807) is 27.9 Å². The van der Waals surface area contributed by atoms with Crippen molar-refractivity contribution in [3.05, 3.63) is 35.9 Å². The van der Waals surface area contributed by atoms with Crippen LogP contribution in [0.3, 0.4) is 0 Å². The van der Waals surface area contributed by atoms with Crippen LogP contribution >= 0.6 is 0 Å². The third-order valence-corrected chi connectivity index (χ3v) is 5.84. The molecule has 0 bridgehead atoms. The number of esters is 1. The van der Waals surface area contributed by atoms with Gasteiger partial charge in [0.1, 0.15) is 22.8 Å². The quantitative estimate of drug-likeness (QED) is 0.450. The van der Waals surface area contributed by atoms with E-state index in [1.165, 1.54) is 48.2 Å². The first-order valence-corrected chi connectivity index (χ1v) is 11.6. The topological polar surface area (TPSA) is 150 Å². The minimum Gasteiger partial charge on any atom is -0.463 e. The molecule has 1 aliphatic carbocycles. The molecular weight excluding hydrogens is 484 g/mol. The standard InChI is InChI=1S/C24H30N6O7/c1-24(2,3)37-23(33)29(4)18-11-17(26-15-9-10-36-19(15)22(32)35-6)28-20-13(12-25-30(18)20)21(31)27-14-7-8-16(14)34-5/h9-12,14,16H,7-8H2,1-6H3,(H,26,28)(H,27,31)/t14-,16-/m0/s1. The monoisotopic (exact) mass is 514 g/mol. The van der Waals surface area contributed by atoms with E-state index in [0.717, 1.165) is 12.8 Å². The lowest BCUT2D eigenvalue weighted by atomic mass is 9.89. The Balaban J connectivity index is 1.75. The first-order valence-electron chi connectivity index (χ1n) is 11.6. The molecule has 2 amide bonds. The van der Waals surface area contributed by atoms with Gasteiger partial charge in [0.15, 0.2) is 5.65 Å². The summed E-state index contributed by atoms with van der Waals surface area (Å²) in [4.78, 5) is 43.9. The molecular formula is C24H30N6O7. The number of aromatic nitrogens is 3. The minimum atomic E-state index is -0.736. The third-order valence-electron chi connectivity index (χ3n) is 5.84. The number of amides is 2. The van der Waals surface area contributed by atoms with E-state index in [-0.39, 0.29) is 52.3 Å². The lowest BCUT2D eigenvalue weighted by Crippen LogP contribution is -2.51. The molecule has 3 aromatic rings. The van der Waals surface area contributed by atoms with Crippen LogP contribution in [-0.4, -0.2) is 71.6 Å². The van der Waals surface area contributed by atoms with Crippen molar-refractivity contribution in [1.29, 1.82) is 0 Å². The second-order valence-corrected chi connectivity index (χ2v) is 9.54. The Morgan fingerprint density at radius 2 is 1.97 bits per heavy atom. The Bertz CT molecular complexity index is 1320. The molecule has 37 heavy (non-hydrogen) atoms. The molecule has 13 nitrogen and oxygen atoms in total. The number of carbonyl (C=O) groups excluding carboxylic acids is 3. The highest BCUT2D eigenvalue weighted by Gasteiger charge is 2.33. The summed E-state index contributed by atoms with van der Waals surface area (Å²) in [5, 5.41) is 10.3. The van der Waals surface area contributed by atoms with Crippen LogP contribution in [0.1, 0.15) is 54.5 Å². The number of nitrogens with zero attached hydrogens (tertiary/aromatic N) is 4. The van der Waals surface area contributed by atoms with Gasteiger partial charge in [-0.1, -0.05) is 0 Å². The van der Waals surface area contributed by atoms with E-state index in [2.05, 4.69) is 20.7 Å². The Kier molecular flexibility index (Phi) is 7.07. The Labute approximate surface area is 213 Å². The Hall–Kier alpha value is -4.13. The maximum absolute atomic E-state index is 13.1. The molecule has 2 N–H and O–H groups in total. The molecule has 13 heteroatoms. The van der Waals surface area contributed by atoms with Crippen LogP contribution in [0.4, 0.5) is 22.1 Å². The minimum absolute atomic E-state index is 0.0531. The summed E-state index contributed by atoms with van der Waals surface area (Å²) in [6.45, 7) is 5.27. The van der Waals surface area contributed by atoms with Crippen molar-refractivity contribution >= 4 is 40.9 Å². The highest BCUT2D eigenvalue weighted by molar-refractivity contribution is 6.01. The molecule has 0 radical (unpaired) electrons.